The van der Waals surface area contributed by atoms with Crippen molar-refractivity contribution in [2.24, 2.45) is 0 Å². The molecule has 0 unspecified atom stereocenters. The van der Waals surface area contributed by atoms with E-state index >= 15 is 0 Å². The van der Waals surface area contributed by atoms with Gasteiger partial charge in [0.1, 0.15) is 0 Å². The van der Waals surface area contributed by atoms with Crippen LogP contribution in [0.3, 0.4) is 0 Å². The molecular formula is C25H23IN2S. The zero-order valence-corrected chi connectivity index (χ0v) is 19.8. The number of hydrogen-bond acceptors (Lipinski definition) is 3. The summed E-state index contributed by atoms with van der Waals surface area (Å²) in [5, 5.41) is 1.20. The third kappa shape index (κ3) is 4.48. The highest BCUT2D eigenvalue weighted by Gasteiger charge is 2.11. The number of aryl methyl sites for hydroxylation is 1. The van der Waals surface area contributed by atoms with Gasteiger partial charge in [0, 0.05) is 43.8 Å². The maximum absolute atomic E-state index is 4.69. The summed E-state index contributed by atoms with van der Waals surface area (Å²) in [5.41, 5.74) is 7.42. The van der Waals surface area contributed by atoms with E-state index in [1.807, 2.05) is 36.4 Å². The predicted molar refractivity (Wildman–Crippen MR) is 133 cm³/mol. The lowest BCUT2D eigenvalue weighted by molar-refractivity contribution is 0.869. The lowest BCUT2D eigenvalue weighted by Gasteiger charge is -2.13. The molecule has 0 N–H and O–H groups in total. The van der Waals surface area contributed by atoms with Crippen molar-refractivity contribution in [1.82, 2.24) is 9.97 Å². The summed E-state index contributed by atoms with van der Waals surface area (Å²) in [6, 6.07) is 17.6. The number of hydrogen-bond donors (Lipinski definition) is 0. The molecule has 29 heavy (non-hydrogen) atoms. The van der Waals surface area contributed by atoms with Gasteiger partial charge in [-0.2, -0.15) is 0 Å². The highest BCUT2D eigenvalue weighted by Crippen LogP contribution is 2.34. The molecular weight excluding hydrogens is 487 g/mol. The summed E-state index contributed by atoms with van der Waals surface area (Å²) in [6.45, 7) is 6.61. The fraction of sp³-hybridized carbons (Fsp3) is 0.200. The van der Waals surface area contributed by atoms with Crippen molar-refractivity contribution in [3.8, 4) is 11.1 Å². The third-order valence-corrected chi connectivity index (χ3v) is 7.54. The molecule has 2 aromatic carbocycles. The first-order valence-electron chi connectivity index (χ1n) is 9.74. The van der Waals surface area contributed by atoms with Crippen LogP contribution in [0.25, 0.3) is 22.0 Å². The molecule has 4 rings (SSSR count). The summed E-state index contributed by atoms with van der Waals surface area (Å²) < 4.78 is 1.21. The first-order chi connectivity index (χ1) is 14.0. The number of halogens is 1. The van der Waals surface area contributed by atoms with Crippen molar-refractivity contribution in [2.45, 2.75) is 37.3 Å². The highest BCUT2D eigenvalue weighted by atomic mass is 127. The normalized spacial score (nSPS) is 11.3. The van der Waals surface area contributed by atoms with Crippen LogP contribution in [0, 0.1) is 10.5 Å². The molecule has 0 saturated heterocycles. The molecule has 4 aromatic rings. The Hall–Kier alpha value is -1.92. The molecule has 4 heteroatoms. The van der Waals surface area contributed by atoms with Gasteiger partial charge in [-0.25, -0.2) is 0 Å². The topological polar surface area (TPSA) is 25.8 Å². The minimum absolute atomic E-state index is 0.480. The maximum Gasteiger partial charge on any atom is 0.0780 e. The quantitative estimate of drug-likeness (QED) is 0.204. The number of pyridine rings is 2. The SMILES string of the molecule is Cc1cncc(I)c1SCc1cccc(-c2cc(C(C)C)cc3cccnc23)c1. The van der Waals surface area contributed by atoms with E-state index in [-0.39, 0.29) is 0 Å². The van der Waals surface area contributed by atoms with E-state index in [0.717, 1.165) is 11.3 Å². The second-order valence-electron chi connectivity index (χ2n) is 7.55. The molecule has 0 amide bonds. The molecule has 0 saturated carbocycles. The number of benzene rings is 2. The molecule has 0 radical (unpaired) electrons. The van der Waals surface area contributed by atoms with E-state index in [2.05, 4.69) is 90.8 Å². The van der Waals surface area contributed by atoms with E-state index in [9.17, 15) is 0 Å². The number of aromatic nitrogens is 2. The van der Waals surface area contributed by atoms with Gasteiger partial charge < -0.3 is 0 Å². The number of fused-ring (bicyclic) bond motifs is 1. The van der Waals surface area contributed by atoms with Crippen molar-refractivity contribution in [3.05, 3.63) is 87.4 Å². The van der Waals surface area contributed by atoms with Crippen molar-refractivity contribution < 1.29 is 0 Å². The number of thioether (sulfide) groups is 1. The monoisotopic (exact) mass is 510 g/mol. The molecule has 0 aliphatic heterocycles. The summed E-state index contributed by atoms with van der Waals surface area (Å²) in [7, 11) is 0. The van der Waals surface area contributed by atoms with Gasteiger partial charge in [0.15, 0.2) is 0 Å². The molecule has 146 valence electrons. The summed E-state index contributed by atoms with van der Waals surface area (Å²) in [6.07, 6.45) is 5.76. The number of nitrogens with zero attached hydrogens (tertiary/aromatic N) is 2. The smallest absolute Gasteiger partial charge is 0.0780 e. The van der Waals surface area contributed by atoms with Gasteiger partial charge >= 0.3 is 0 Å². The zero-order chi connectivity index (χ0) is 20.4. The van der Waals surface area contributed by atoms with E-state index < -0.39 is 0 Å². The van der Waals surface area contributed by atoms with Crippen LogP contribution in [0.5, 0.6) is 0 Å². The first-order valence-corrected chi connectivity index (χ1v) is 11.8. The van der Waals surface area contributed by atoms with Gasteiger partial charge in [0.25, 0.3) is 0 Å². The van der Waals surface area contributed by atoms with Gasteiger partial charge in [0.05, 0.1) is 5.52 Å². The van der Waals surface area contributed by atoms with Crippen molar-refractivity contribution >= 4 is 45.3 Å². The molecule has 0 aliphatic carbocycles. The zero-order valence-electron chi connectivity index (χ0n) is 16.8. The molecule has 0 aliphatic rings. The van der Waals surface area contributed by atoms with E-state index in [1.165, 1.54) is 41.7 Å². The first kappa shape index (κ1) is 20.4. The van der Waals surface area contributed by atoms with Gasteiger partial charge in [-0.3, -0.25) is 9.97 Å². The summed E-state index contributed by atoms with van der Waals surface area (Å²) >= 11 is 4.25. The third-order valence-electron chi connectivity index (χ3n) is 5.05. The Balaban J connectivity index is 1.71. The van der Waals surface area contributed by atoms with Gasteiger partial charge in [-0.15, -0.1) is 11.8 Å². The van der Waals surface area contributed by atoms with E-state index in [0.29, 0.717) is 5.92 Å². The largest absolute Gasteiger partial charge is 0.263 e. The fourth-order valence-electron chi connectivity index (χ4n) is 3.46. The molecule has 2 heterocycles. The standard InChI is InChI=1S/C25H23IN2S/c1-16(2)21-11-20-8-5-9-28-24(20)22(12-21)19-7-4-6-18(10-19)15-29-25-17(3)13-27-14-23(25)26/h4-14,16H,15H2,1-3H3. The van der Waals surface area contributed by atoms with Crippen LogP contribution in [-0.4, -0.2) is 9.97 Å². The minimum atomic E-state index is 0.480. The lowest BCUT2D eigenvalue weighted by Crippen LogP contribution is -1.93. The molecule has 0 spiro atoms. The average molecular weight is 510 g/mol. The van der Waals surface area contributed by atoms with Crippen LogP contribution in [0.1, 0.15) is 36.5 Å². The Bertz CT molecular complexity index is 1150. The summed E-state index contributed by atoms with van der Waals surface area (Å²) in [4.78, 5) is 10.3. The van der Waals surface area contributed by atoms with Crippen molar-refractivity contribution in [2.75, 3.05) is 0 Å². The second-order valence-corrected chi connectivity index (χ2v) is 9.70. The molecule has 2 aromatic heterocycles. The van der Waals surface area contributed by atoms with Crippen LogP contribution in [0.4, 0.5) is 0 Å². The van der Waals surface area contributed by atoms with Crippen LogP contribution in [0.15, 0.2) is 72.0 Å². The molecule has 0 fully saturated rings. The predicted octanol–water partition coefficient (Wildman–Crippen LogP) is 7.63. The average Bonchev–Trinajstić information content (AvgIpc) is 2.72. The van der Waals surface area contributed by atoms with Gasteiger partial charge in [-0.05, 0) is 75.9 Å². The lowest BCUT2D eigenvalue weighted by atomic mass is 9.93. The molecule has 0 atom stereocenters. The molecule has 0 bridgehead atoms. The molecule has 2 nitrogen and oxygen atoms in total. The van der Waals surface area contributed by atoms with Crippen LogP contribution < -0.4 is 0 Å². The number of rotatable bonds is 5. The Morgan fingerprint density at radius 2 is 1.90 bits per heavy atom. The van der Waals surface area contributed by atoms with Crippen molar-refractivity contribution in [1.29, 1.82) is 0 Å². The minimum Gasteiger partial charge on any atom is -0.263 e. The Morgan fingerprint density at radius 1 is 1.03 bits per heavy atom. The van der Waals surface area contributed by atoms with Gasteiger partial charge in [-0.1, -0.05) is 44.2 Å². The van der Waals surface area contributed by atoms with Crippen molar-refractivity contribution in [3.63, 3.8) is 0 Å². The Kier molecular flexibility index (Phi) is 6.20. The Labute approximate surface area is 190 Å². The fourth-order valence-corrected chi connectivity index (χ4v) is 5.47. The van der Waals surface area contributed by atoms with Gasteiger partial charge in [0.2, 0.25) is 0 Å². The van der Waals surface area contributed by atoms with E-state index in [4.69, 9.17) is 4.98 Å². The second kappa shape index (κ2) is 8.84. The van der Waals surface area contributed by atoms with E-state index in [1.54, 1.807) is 0 Å². The highest BCUT2D eigenvalue weighted by molar-refractivity contribution is 14.1. The van der Waals surface area contributed by atoms with Crippen LogP contribution in [0.2, 0.25) is 0 Å². The summed E-state index contributed by atoms with van der Waals surface area (Å²) in [5.74, 6) is 1.41. The van der Waals surface area contributed by atoms with Crippen LogP contribution in [-0.2, 0) is 5.75 Å². The van der Waals surface area contributed by atoms with Crippen LogP contribution >= 0.6 is 34.4 Å². The maximum atomic E-state index is 4.69. The Morgan fingerprint density at radius 3 is 2.69 bits per heavy atom.